The molecule has 3 aromatic rings. The highest BCUT2D eigenvalue weighted by atomic mass is 16.5. The van der Waals surface area contributed by atoms with Crippen LogP contribution in [-0.4, -0.2) is 40.5 Å². The van der Waals surface area contributed by atoms with Gasteiger partial charge in [0.2, 0.25) is 11.6 Å². The number of carbonyl (C=O) groups excluding carboxylic acids is 3. The normalized spacial score (nSPS) is 13.6. The third-order valence-corrected chi connectivity index (χ3v) is 5.02. The molecule has 160 valence electrons. The number of fused-ring (bicyclic) bond motifs is 1. The van der Waals surface area contributed by atoms with Gasteiger partial charge in [-0.2, -0.15) is 0 Å². The molecule has 10 heteroatoms. The first-order valence-corrected chi connectivity index (χ1v) is 9.67. The Hall–Kier alpha value is -3.95. The van der Waals surface area contributed by atoms with E-state index >= 15 is 0 Å². The molecule has 0 spiro atoms. The predicted octanol–water partition coefficient (Wildman–Crippen LogP) is 1.76. The molecule has 0 atom stereocenters. The number of rotatable bonds is 5. The second-order valence-corrected chi connectivity index (χ2v) is 7.19. The Labute approximate surface area is 176 Å². The van der Waals surface area contributed by atoms with Crippen molar-refractivity contribution >= 4 is 40.3 Å². The Balaban J connectivity index is 1.40. The van der Waals surface area contributed by atoms with Gasteiger partial charge in [0, 0.05) is 31.4 Å². The molecule has 1 aliphatic heterocycles. The number of aryl methyl sites for hydroxylation is 2. The number of nitrogens with zero attached hydrogens (tertiary/aromatic N) is 3. The van der Waals surface area contributed by atoms with Gasteiger partial charge in [0.05, 0.1) is 0 Å². The predicted molar refractivity (Wildman–Crippen MR) is 111 cm³/mol. The van der Waals surface area contributed by atoms with Crippen LogP contribution in [0.2, 0.25) is 0 Å². The van der Waals surface area contributed by atoms with Crippen LogP contribution >= 0.6 is 0 Å². The van der Waals surface area contributed by atoms with Gasteiger partial charge >= 0.3 is 5.97 Å². The van der Waals surface area contributed by atoms with Gasteiger partial charge in [0.1, 0.15) is 23.0 Å². The van der Waals surface area contributed by atoms with Crippen molar-refractivity contribution in [3.05, 3.63) is 52.3 Å². The van der Waals surface area contributed by atoms with E-state index in [4.69, 9.17) is 9.15 Å². The van der Waals surface area contributed by atoms with Crippen LogP contribution in [0, 0.1) is 6.92 Å². The summed E-state index contributed by atoms with van der Waals surface area (Å²) in [5.41, 5.74) is 0.809. The van der Waals surface area contributed by atoms with Gasteiger partial charge in [0.15, 0.2) is 6.61 Å². The SMILES string of the molecule is Cc1oc2ncn(C)c(=O)c2c1C(=O)OCC(=O)Nc1ccc(N2CCCC2=O)cc1. The summed E-state index contributed by atoms with van der Waals surface area (Å²) in [7, 11) is 1.50. The molecular weight excluding hydrogens is 404 g/mol. The van der Waals surface area contributed by atoms with Crippen LogP contribution in [0.5, 0.6) is 0 Å². The molecule has 10 nitrogen and oxygen atoms in total. The highest BCUT2D eigenvalue weighted by Gasteiger charge is 2.24. The number of furan rings is 1. The molecule has 1 aliphatic rings. The highest BCUT2D eigenvalue weighted by molar-refractivity contribution is 6.04. The van der Waals surface area contributed by atoms with Crippen LogP contribution in [0.1, 0.15) is 29.0 Å². The molecule has 0 radical (unpaired) electrons. The lowest BCUT2D eigenvalue weighted by molar-refractivity contribution is -0.119. The van der Waals surface area contributed by atoms with Crippen molar-refractivity contribution < 1.29 is 23.5 Å². The maximum Gasteiger partial charge on any atom is 0.343 e. The number of amides is 2. The lowest BCUT2D eigenvalue weighted by atomic mass is 10.2. The minimum absolute atomic E-state index is 0.0138. The second kappa shape index (κ2) is 8.05. The Morgan fingerprint density at radius 2 is 1.97 bits per heavy atom. The summed E-state index contributed by atoms with van der Waals surface area (Å²) in [6.45, 7) is 1.66. The van der Waals surface area contributed by atoms with Crippen LogP contribution in [0.4, 0.5) is 11.4 Å². The number of hydrogen-bond donors (Lipinski definition) is 1. The van der Waals surface area contributed by atoms with Crippen LogP contribution in [-0.2, 0) is 21.4 Å². The monoisotopic (exact) mass is 424 g/mol. The quantitative estimate of drug-likeness (QED) is 0.619. The van der Waals surface area contributed by atoms with Gasteiger partial charge in [-0.05, 0) is 37.6 Å². The van der Waals surface area contributed by atoms with Crippen molar-refractivity contribution in [1.82, 2.24) is 9.55 Å². The van der Waals surface area contributed by atoms with E-state index < -0.39 is 24.0 Å². The van der Waals surface area contributed by atoms with Crippen molar-refractivity contribution in [3.8, 4) is 0 Å². The topological polar surface area (TPSA) is 124 Å². The minimum atomic E-state index is -0.848. The average Bonchev–Trinajstić information content (AvgIpc) is 3.32. The summed E-state index contributed by atoms with van der Waals surface area (Å²) in [5.74, 6) is -1.13. The number of anilines is 2. The summed E-state index contributed by atoms with van der Waals surface area (Å²) in [6, 6.07) is 6.83. The number of carbonyl (C=O) groups is 3. The van der Waals surface area contributed by atoms with E-state index in [1.165, 1.54) is 24.9 Å². The van der Waals surface area contributed by atoms with Crippen LogP contribution in [0.25, 0.3) is 11.1 Å². The van der Waals surface area contributed by atoms with Crippen LogP contribution < -0.4 is 15.8 Å². The van der Waals surface area contributed by atoms with E-state index in [-0.39, 0.29) is 28.3 Å². The van der Waals surface area contributed by atoms with Crippen molar-refractivity contribution in [3.63, 3.8) is 0 Å². The van der Waals surface area contributed by atoms with Crippen molar-refractivity contribution in [2.75, 3.05) is 23.4 Å². The molecule has 1 aromatic carbocycles. The molecule has 31 heavy (non-hydrogen) atoms. The van der Waals surface area contributed by atoms with Gasteiger partial charge in [0.25, 0.3) is 11.5 Å². The Morgan fingerprint density at radius 1 is 1.23 bits per heavy atom. The Morgan fingerprint density at radius 3 is 2.65 bits per heavy atom. The van der Waals surface area contributed by atoms with Crippen LogP contribution in [0.15, 0.2) is 39.8 Å². The largest absolute Gasteiger partial charge is 0.452 e. The van der Waals surface area contributed by atoms with E-state index in [1.807, 2.05) is 0 Å². The zero-order valence-electron chi connectivity index (χ0n) is 17.0. The molecular formula is C21H20N4O6. The zero-order chi connectivity index (χ0) is 22.1. The van der Waals surface area contributed by atoms with E-state index in [0.29, 0.717) is 18.7 Å². The second-order valence-electron chi connectivity index (χ2n) is 7.19. The van der Waals surface area contributed by atoms with Gasteiger partial charge in [-0.25, -0.2) is 9.78 Å². The summed E-state index contributed by atoms with van der Waals surface area (Å²) in [5, 5.41) is 2.64. The first kappa shape index (κ1) is 20.3. The van der Waals surface area contributed by atoms with Crippen LogP contribution in [0.3, 0.4) is 0 Å². The first-order valence-electron chi connectivity index (χ1n) is 9.67. The van der Waals surface area contributed by atoms with Crippen molar-refractivity contribution in [1.29, 1.82) is 0 Å². The number of esters is 1. The summed E-state index contributed by atoms with van der Waals surface area (Å²) in [4.78, 5) is 54.5. The fraction of sp³-hybridized carbons (Fsp3) is 0.286. The molecule has 0 unspecified atom stereocenters. The molecule has 4 rings (SSSR count). The van der Waals surface area contributed by atoms with E-state index in [9.17, 15) is 19.2 Å². The maximum absolute atomic E-state index is 12.5. The third kappa shape index (κ3) is 3.91. The van der Waals surface area contributed by atoms with Gasteiger partial charge < -0.3 is 23.9 Å². The van der Waals surface area contributed by atoms with E-state index in [1.54, 1.807) is 29.2 Å². The fourth-order valence-corrected chi connectivity index (χ4v) is 3.48. The third-order valence-electron chi connectivity index (χ3n) is 5.02. The molecule has 0 aliphatic carbocycles. The van der Waals surface area contributed by atoms with E-state index in [0.717, 1.165) is 12.1 Å². The summed E-state index contributed by atoms with van der Waals surface area (Å²) in [6.07, 6.45) is 2.66. The zero-order valence-corrected chi connectivity index (χ0v) is 17.0. The molecule has 0 bridgehead atoms. The highest BCUT2D eigenvalue weighted by Crippen LogP contribution is 2.23. The molecule has 2 amide bonds. The molecule has 1 saturated heterocycles. The molecule has 2 aromatic heterocycles. The number of nitrogens with one attached hydrogen (secondary N) is 1. The lowest BCUT2D eigenvalue weighted by Gasteiger charge is -2.16. The number of aromatic nitrogens is 2. The van der Waals surface area contributed by atoms with Gasteiger partial charge in [-0.1, -0.05) is 0 Å². The Kier molecular flexibility index (Phi) is 5.28. The molecule has 1 fully saturated rings. The summed E-state index contributed by atoms with van der Waals surface area (Å²) >= 11 is 0. The van der Waals surface area contributed by atoms with Crippen molar-refractivity contribution in [2.24, 2.45) is 7.05 Å². The fourth-order valence-electron chi connectivity index (χ4n) is 3.48. The standard InChI is InChI=1S/C21H20N4O6/c1-12-17(18-19(31-12)22-11-24(2)20(18)28)21(29)30-10-15(26)23-13-5-7-14(8-6-13)25-9-3-4-16(25)27/h5-8,11H,3-4,9-10H2,1-2H3,(H,23,26). The number of hydrogen-bond acceptors (Lipinski definition) is 7. The number of ether oxygens (including phenoxy) is 1. The summed E-state index contributed by atoms with van der Waals surface area (Å²) < 4.78 is 11.7. The molecule has 3 heterocycles. The minimum Gasteiger partial charge on any atom is -0.452 e. The van der Waals surface area contributed by atoms with E-state index in [2.05, 4.69) is 10.3 Å². The average molecular weight is 424 g/mol. The Bertz CT molecular complexity index is 1240. The van der Waals surface area contributed by atoms with Crippen molar-refractivity contribution in [2.45, 2.75) is 19.8 Å². The maximum atomic E-state index is 12.5. The molecule has 0 saturated carbocycles. The lowest BCUT2D eigenvalue weighted by Crippen LogP contribution is -2.24. The molecule has 1 N–H and O–H groups in total. The smallest absolute Gasteiger partial charge is 0.343 e. The van der Waals surface area contributed by atoms with Gasteiger partial charge in [-0.3, -0.25) is 14.4 Å². The van der Waals surface area contributed by atoms with Gasteiger partial charge in [-0.15, -0.1) is 0 Å². The first-order chi connectivity index (χ1) is 14.8. The number of benzene rings is 1.